The number of aryl methyl sites for hydroxylation is 1. The van der Waals surface area contributed by atoms with Crippen LogP contribution in [0.5, 0.6) is 5.75 Å². The van der Waals surface area contributed by atoms with E-state index in [9.17, 15) is 0 Å². The number of ether oxygens (including phenoxy) is 1. The minimum absolute atomic E-state index is 0.137. The summed E-state index contributed by atoms with van der Waals surface area (Å²) in [6.45, 7) is 4.36. The highest BCUT2D eigenvalue weighted by molar-refractivity contribution is 5.28. The fourth-order valence-electron chi connectivity index (χ4n) is 2.24. The van der Waals surface area contributed by atoms with Gasteiger partial charge in [-0.1, -0.05) is 62.7 Å². The van der Waals surface area contributed by atoms with Gasteiger partial charge in [-0.25, -0.2) is 0 Å². The SMILES string of the molecule is CCCc1ccc(OC(CC)c2ccccc2)cc1. The Morgan fingerprint density at radius 3 is 2.16 bits per heavy atom. The van der Waals surface area contributed by atoms with Gasteiger partial charge < -0.3 is 4.74 Å². The maximum Gasteiger partial charge on any atom is 0.123 e. The predicted octanol–water partition coefficient (Wildman–Crippen LogP) is 5.17. The lowest BCUT2D eigenvalue weighted by Crippen LogP contribution is -2.06. The van der Waals surface area contributed by atoms with Crippen LogP contribution in [0.25, 0.3) is 0 Å². The molecule has 2 aromatic carbocycles. The number of benzene rings is 2. The Bertz CT molecular complexity index is 473. The number of rotatable bonds is 6. The minimum Gasteiger partial charge on any atom is -0.486 e. The molecular formula is C18H22O. The Balaban J connectivity index is 2.06. The van der Waals surface area contributed by atoms with E-state index < -0.39 is 0 Å². The molecule has 0 saturated heterocycles. The second kappa shape index (κ2) is 6.98. The Morgan fingerprint density at radius 1 is 0.895 bits per heavy atom. The summed E-state index contributed by atoms with van der Waals surface area (Å²) in [6, 6.07) is 18.9. The van der Waals surface area contributed by atoms with Crippen LogP contribution in [0.4, 0.5) is 0 Å². The van der Waals surface area contributed by atoms with Gasteiger partial charge in [0.2, 0.25) is 0 Å². The van der Waals surface area contributed by atoms with Crippen LogP contribution in [0, 0.1) is 0 Å². The summed E-state index contributed by atoms with van der Waals surface area (Å²) in [4.78, 5) is 0. The van der Waals surface area contributed by atoms with E-state index in [0.29, 0.717) is 0 Å². The van der Waals surface area contributed by atoms with E-state index in [0.717, 1.165) is 18.6 Å². The first-order valence-electron chi connectivity index (χ1n) is 7.14. The maximum absolute atomic E-state index is 6.08. The van der Waals surface area contributed by atoms with Gasteiger partial charge in [0.25, 0.3) is 0 Å². The van der Waals surface area contributed by atoms with Crippen LogP contribution < -0.4 is 4.74 Å². The van der Waals surface area contributed by atoms with Gasteiger partial charge in [0.05, 0.1) is 0 Å². The van der Waals surface area contributed by atoms with Crippen molar-refractivity contribution in [3.8, 4) is 5.75 Å². The van der Waals surface area contributed by atoms with Crippen molar-refractivity contribution in [1.29, 1.82) is 0 Å². The van der Waals surface area contributed by atoms with Gasteiger partial charge in [-0.3, -0.25) is 0 Å². The summed E-state index contributed by atoms with van der Waals surface area (Å²) >= 11 is 0. The van der Waals surface area contributed by atoms with Gasteiger partial charge in [-0.15, -0.1) is 0 Å². The summed E-state index contributed by atoms with van der Waals surface area (Å²) in [5.41, 5.74) is 2.62. The van der Waals surface area contributed by atoms with Gasteiger partial charge in [-0.2, -0.15) is 0 Å². The van der Waals surface area contributed by atoms with Crippen LogP contribution in [0.2, 0.25) is 0 Å². The van der Waals surface area contributed by atoms with Crippen molar-refractivity contribution in [1.82, 2.24) is 0 Å². The van der Waals surface area contributed by atoms with Crippen LogP contribution in [0.1, 0.15) is 43.9 Å². The standard InChI is InChI=1S/C18H22O/c1-3-8-15-11-13-17(14-12-15)19-18(4-2)16-9-6-5-7-10-16/h5-7,9-14,18H,3-4,8H2,1-2H3. The molecule has 0 aliphatic heterocycles. The van der Waals surface area contributed by atoms with Gasteiger partial charge in [0.1, 0.15) is 11.9 Å². The molecule has 0 aliphatic rings. The van der Waals surface area contributed by atoms with Crippen molar-refractivity contribution in [3.63, 3.8) is 0 Å². The zero-order valence-electron chi connectivity index (χ0n) is 11.8. The van der Waals surface area contributed by atoms with E-state index >= 15 is 0 Å². The predicted molar refractivity (Wildman–Crippen MR) is 80.5 cm³/mol. The lowest BCUT2D eigenvalue weighted by molar-refractivity contribution is 0.201. The Morgan fingerprint density at radius 2 is 1.58 bits per heavy atom. The van der Waals surface area contributed by atoms with E-state index in [-0.39, 0.29) is 6.10 Å². The molecule has 0 aromatic heterocycles. The average Bonchev–Trinajstić information content (AvgIpc) is 2.48. The molecule has 2 aromatic rings. The molecule has 0 bridgehead atoms. The maximum atomic E-state index is 6.08. The first kappa shape index (κ1) is 13.7. The highest BCUT2D eigenvalue weighted by Gasteiger charge is 2.10. The molecule has 100 valence electrons. The van der Waals surface area contributed by atoms with Crippen molar-refractivity contribution in [2.75, 3.05) is 0 Å². The number of hydrogen-bond acceptors (Lipinski definition) is 1. The monoisotopic (exact) mass is 254 g/mol. The van der Waals surface area contributed by atoms with E-state index in [1.807, 2.05) is 6.07 Å². The van der Waals surface area contributed by atoms with Gasteiger partial charge >= 0.3 is 0 Å². The zero-order valence-corrected chi connectivity index (χ0v) is 11.8. The Labute approximate surface area is 116 Å². The molecular weight excluding hydrogens is 232 g/mol. The largest absolute Gasteiger partial charge is 0.486 e. The van der Waals surface area contributed by atoms with Crippen LogP contribution in [-0.2, 0) is 6.42 Å². The van der Waals surface area contributed by atoms with Crippen LogP contribution in [0.3, 0.4) is 0 Å². The Kier molecular flexibility index (Phi) is 5.02. The molecule has 2 rings (SSSR count). The molecule has 0 spiro atoms. The van der Waals surface area contributed by atoms with Crippen molar-refractivity contribution < 1.29 is 4.74 Å². The minimum atomic E-state index is 0.137. The van der Waals surface area contributed by atoms with Crippen LogP contribution in [-0.4, -0.2) is 0 Å². The first-order chi connectivity index (χ1) is 9.33. The second-order valence-corrected chi connectivity index (χ2v) is 4.82. The fraction of sp³-hybridized carbons (Fsp3) is 0.333. The topological polar surface area (TPSA) is 9.23 Å². The highest BCUT2D eigenvalue weighted by Crippen LogP contribution is 2.24. The van der Waals surface area contributed by atoms with Crippen LogP contribution in [0.15, 0.2) is 54.6 Å². The molecule has 1 unspecified atom stereocenters. The lowest BCUT2D eigenvalue weighted by atomic mass is 10.1. The summed E-state index contributed by atoms with van der Waals surface area (Å²) in [6.07, 6.45) is 3.43. The van der Waals surface area contributed by atoms with E-state index in [2.05, 4.69) is 62.4 Å². The molecule has 1 atom stereocenters. The molecule has 1 heteroatoms. The Hall–Kier alpha value is -1.76. The van der Waals surface area contributed by atoms with E-state index in [1.54, 1.807) is 0 Å². The normalized spacial score (nSPS) is 12.1. The van der Waals surface area contributed by atoms with Crippen LogP contribution >= 0.6 is 0 Å². The molecule has 19 heavy (non-hydrogen) atoms. The molecule has 0 radical (unpaired) electrons. The summed E-state index contributed by atoms with van der Waals surface area (Å²) in [5.74, 6) is 0.954. The molecule has 0 fully saturated rings. The average molecular weight is 254 g/mol. The smallest absolute Gasteiger partial charge is 0.123 e. The molecule has 0 N–H and O–H groups in total. The summed E-state index contributed by atoms with van der Waals surface area (Å²) < 4.78 is 6.08. The fourth-order valence-corrected chi connectivity index (χ4v) is 2.24. The third-order valence-corrected chi connectivity index (χ3v) is 3.28. The van der Waals surface area contributed by atoms with Gasteiger partial charge in [-0.05, 0) is 36.1 Å². The molecule has 0 aliphatic carbocycles. The van der Waals surface area contributed by atoms with E-state index in [1.165, 1.54) is 17.5 Å². The van der Waals surface area contributed by atoms with E-state index in [4.69, 9.17) is 4.74 Å². The zero-order chi connectivity index (χ0) is 13.5. The quantitative estimate of drug-likeness (QED) is 0.691. The lowest BCUT2D eigenvalue weighted by Gasteiger charge is -2.18. The summed E-state index contributed by atoms with van der Waals surface area (Å²) in [7, 11) is 0. The van der Waals surface area contributed by atoms with Crippen molar-refractivity contribution in [2.24, 2.45) is 0 Å². The molecule has 0 heterocycles. The van der Waals surface area contributed by atoms with Crippen molar-refractivity contribution in [3.05, 3.63) is 65.7 Å². The van der Waals surface area contributed by atoms with Gasteiger partial charge in [0, 0.05) is 0 Å². The van der Waals surface area contributed by atoms with Crippen molar-refractivity contribution in [2.45, 2.75) is 39.2 Å². The third kappa shape index (κ3) is 3.85. The third-order valence-electron chi connectivity index (χ3n) is 3.28. The highest BCUT2D eigenvalue weighted by atomic mass is 16.5. The molecule has 1 nitrogen and oxygen atoms in total. The summed E-state index contributed by atoms with van der Waals surface area (Å²) in [5, 5.41) is 0. The van der Waals surface area contributed by atoms with Gasteiger partial charge in [0.15, 0.2) is 0 Å². The first-order valence-corrected chi connectivity index (χ1v) is 7.14. The van der Waals surface area contributed by atoms with Crippen molar-refractivity contribution >= 4 is 0 Å². The molecule has 0 amide bonds. The second-order valence-electron chi connectivity index (χ2n) is 4.82. The number of hydrogen-bond donors (Lipinski definition) is 0. The molecule has 0 saturated carbocycles.